The first kappa shape index (κ1) is 20.4. The highest BCUT2D eigenvalue weighted by atomic mass is 35.5. The maximum Gasteiger partial charge on any atom is 0.223 e. The van der Waals surface area contributed by atoms with Crippen molar-refractivity contribution in [3.63, 3.8) is 0 Å². The molecule has 23 heavy (non-hydrogen) atoms. The fourth-order valence-electron chi connectivity index (χ4n) is 2.45. The number of ether oxygens (including phenoxy) is 1. The number of piperidine rings is 1. The van der Waals surface area contributed by atoms with E-state index in [1.54, 1.807) is 18.2 Å². The Morgan fingerprint density at radius 1 is 1.35 bits per heavy atom. The van der Waals surface area contributed by atoms with Gasteiger partial charge in [0, 0.05) is 11.6 Å². The fraction of sp³-hybridized carbons (Fsp3) is 0.562. The molecule has 4 nitrogen and oxygen atoms in total. The molecule has 1 saturated heterocycles. The molecule has 130 valence electrons. The Bertz CT molecular complexity index is 520. The maximum atomic E-state index is 11.9. The second kappa shape index (κ2) is 9.58. The molecule has 1 heterocycles. The Morgan fingerprint density at radius 2 is 2.04 bits per heavy atom. The molecule has 7 heteroatoms. The van der Waals surface area contributed by atoms with Gasteiger partial charge in [-0.25, -0.2) is 0 Å². The summed E-state index contributed by atoms with van der Waals surface area (Å²) in [6.07, 6.45) is 2.49. The minimum absolute atomic E-state index is 0. The molecule has 0 bridgehead atoms. The molecule has 2 N–H and O–H groups in total. The number of carbonyl (C=O) groups is 1. The number of rotatable bonds is 6. The predicted octanol–water partition coefficient (Wildman–Crippen LogP) is 3.69. The number of hydrogen-bond donors (Lipinski definition) is 2. The van der Waals surface area contributed by atoms with Crippen LogP contribution in [-0.4, -0.2) is 32.1 Å². The molecule has 1 aliphatic rings. The minimum Gasteiger partial charge on any atom is -0.491 e. The summed E-state index contributed by atoms with van der Waals surface area (Å²) in [7, 11) is 0. The van der Waals surface area contributed by atoms with Crippen molar-refractivity contribution in [2.24, 2.45) is 5.41 Å². The highest BCUT2D eigenvalue weighted by molar-refractivity contribution is 6.35. The van der Waals surface area contributed by atoms with Crippen molar-refractivity contribution < 1.29 is 9.53 Å². The molecule has 0 spiro atoms. The number of carbonyl (C=O) groups excluding carboxylic acids is 1. The van der Waals surface area contributed by atoms with Gasteiger partial charge >= 0.3 is 0 Å². The number of nitrogens with one attached hydrogen (secondary N) is 2. The van der Waals surface area contributed by atoms with Crippen molar-refractivity contribution >= 4 is 41.5 Å². The van der Waals surface area contributed by atoms with Gasteiger partial charge in [-0.05, 0) is 49.5 Å². The van der Waals surface area contributed by atoms with E-state index in [2.05, 4.69) is 17.6 Å². The Hall–Kier alpha value is -0.680. The normalized spacial score (nSPS) is 16.3. The third kappa shape index (κ3) is 6.76. The van der Waals surface area contributed by atoms with Crippen molar-refractivity contribution in [2.45, 2.75) is 26.2 Å². The lowest BCUT2D eigenvalue weighted by atomic mass is 9.81. The summed E-state index contributed by atoms with van der Waals surface area (Å²) in [5.74, 6) is 0.550. The Balaban J connectivity index is 0.00000264. The van der Waals surface area contributed by atoms with E-state index in [1.807, 2.05) is 0 Å². The van der Waals surface area contributed by atoms with Crippen LogP contribution in [0.1, 0.15) is 26.2 Å². The predicted molar refractivity (Wildman–Crippen MR) is 97.0 cm³/mol. The van der Waals surface area contributed by atoms with Crippen molar-refractivity contribution in [3.8, 4) is 5.75 Å². The van der Waals surface area contributed by atoms with Gasteiger partial charge in [0.05, 0.1) is 18.1 Å². The molecule has 1 fully saturated rings. The van der Waals surface area contributed by atoms with Crippen LogP contribution >= 0.6 is 35.6 Å². The summed E-state index contributed by atoms with van der Waals surface area (Å²) in [6, 6.07) is 5.04. The van der Waals surface area contributed by atoms with Gasteiger partial charge in [-0.15, -0.1) is 12.4 Å². The van der Waals surface area contributed by atoms with Crippen molar-refractivity contribution in [3.05, 3.63) is 28.2 Å². The molecular formula is C16H23Cl3N2O2. The van der Waals surface area contributed by atoms with Crippen LogP contribution in [0.5, 0.6) is 5.75 Å². The average Bonchev–Trinajstić information content (AvgIpc) is 2.48. The minimum atomic E-state index is 0. The van der Waals surface area contributed by atoms with E-state index in [0.29, 0.717) is 28.8 Å². The molecule has 1 aromatic rings. The lowest BCUT2D eigenvalue weighted by molar-refractivity contribution is -0.122. The fourth-order valence-corrected chi connectivity index (χ4v) is 2.92. The van der Waals surface area contributed by atoms with E-state index in [9.17, 15) is 4.79 Å². The molecule has 0 aliphatic carbocycles. The first-order valence-corrected chi connectivity index (χ1v) is 8.29. The third-order valence-electron chi connectivity index (χ3n) is 4.00. The van der Waals surface area contributed by atoms with E-state index in [4.69, 9.17) is 27.9 Å². The Kier molecular flexibility index (Phi) is 8.48. The van der Waals surface area contributed by atoms with Crippen molar-refractivity contribution in [1.82, 2.24) is 10.6 Å². The van der Waals surface area contributed by atoms with Crippen LogP contribution in [0, 0.1) is 5.41 Å². The molecule has 1 aromatic carbocycles. The van der Waals surface area contributed by atoms with Gasteiger partial charge in [-0.2, -0.15) is 0 Å². The molecule has 0 atom stereocenters. The van der Waals surface area contributed by atoms with Crippen LogP contribution in [0.2, 0.25) is 10.0 Å². The van der Waals surface area contributed by atoms with Crippen LogP contribution in [0.4, 0.5) is 0 Å². The zero-order chi connectivity index (χ0) is 16.0. The summed E-state index contributed by atoms with van der Waals surface area (Å²) >= 11 is 11.8. The molecule has 1 amide bonds. The summed E-state index contributed by atoms with van der Waals surface area (Å²) in [5, 5.41) is 7.35. The Labute approximate surface area is 153 Å². The summed E-state index contributed by atoms with van der Waals surface area (Å²) in [4.78, 5) is 11.9. The number of benzene rings is 1. The highest BCUT2D eigenvalue weighted by Gasteiger charge is 2.26. The molecular weight excluding hydrogens is 359 g/mol. The summed E-state index contributed by atoms with van der Waals surface area (Å²) < 4.78 is 5.52. The third-order valence-corrected chi connectivity index (χ3v) is 4.53. The van der Waals surface area contributed by atoms with Gasteiger partial charge in [-0.3, -0.25) is 4.79 Å². The Morgan fingerprint density at radius 3 is 2.70 bits per heavy atom. The van der Waals surface area contributed by atoms with Crippen LogP contribution in [-0.2, 0) is 4.79 Å². The van der Waals surface area contributed by atoms with Crippen LogP contribution < -0.4 is 15.4 Å². The molecule has 0 aromatic heterocycles. The number of halogens is 3. The number of hydrogen-bond acceptors (Lipinski definition) is 3. The molecule has 0 unspecified atom stereocenters. The van der Waals surface area contributed by atoms with E-state index in [1.165, 1.54) is 0 Å². The average molecular weight is 382 g/mol. The van der Waals surface area contributed by atoms with Gasteiger partial charge in [0.25, 0.3) is 0 Å². The summed E-state index contributed by atoms with van der Waals surface area (Å²) in [5.41, 5.74) is 0.196. The lowest BCUT2D eigenvalue weighted by Gasteiger charge is -2.34. The van der Waals surface area contributed by atoms with E-state index in [-0.39, 0.29) is 23.7 Å². The van der Waals surface area contributed by atoms with E-state index >= 15 is 0 Å². The van der Waals surface area contributed by atoms with Crippen LogP contribution in [0.25, 0.3) is 0 Å². The maximum absolute atomic E-state index is 11.9. The van der Waals surface area contributed by atoms with Gasteiger partial charge in [0.1, 0.15) is 5.75 Å². The van der Waals surface area contributed by atoms with Crippen molar-refractivity contribution in [2.75, 3.05) is 26.2 Å². The monoisotopic (exact) mass is 380 g/mol. The van der Waals surface area contributed by atoms with Gasteiger partial charge in [-0.1, -0.05) is 30.1 Å². The molecule has 0 radical (unpaired) electrons. The smallest absolute Gasteiger partial charge is 0.223 e. The van der Waals surface area contributed by atoms with Crippen LogP contribution in [0.15, 0.2) is 18.2 Å². The van der Waals surface area contributed by atoms with E-state index < -0.39 is 0 Å². The second-order valence-electron chi connectivity index (χ2n) is 6.01. The molecule has 2 rings (SSSR count). The number of amides is 1. The summed E-state index contributed by atoms with van der Waals surface area (Å²) in [6.45, 7) is 5.27. The van der Waals surface area contributed by atoms with E-state index in [0.717, 1.165) is 32.5 Å². The van der Waals surface area contributed by atoms with Crippen LogP contribution in [0.3, 0.4) is 0 Å². The van der Waals surface area contributed by atoms with Crippen molar-refractivity contribution in [1.29, 1.82) is 0 Å². The quantitative estimate of drug-likeness (QED) is 0.790. The lowest BCUT2D eigenvalue weighted by Crippen LogP contribution is -2.43. The van der Waals surface area contributed by atoms with Gasteiger partial charge in [0.15, 0.2) is 0 Å². The van der Waals surface area contributed by atoms with Gasteiger partial charge < -0.3 is 15.4 Å². The first-order valence-electron chi connectivity index (χ1n) is 7.54. The first-order chi connectivity index (χ1) is 10.5. The highest BCUT2D eigenvalue weighted by Crippen LogP contribution is 2.28. The topological polar surface area (TPSA) is 50.4 Å². The standard InChI is InChI=1S/C16H22Cl2N2O2.ClH/c1-16(5-7-19-8-6-16)11-20-15(21)4-9-22-14-3-2-12(17)10-13(14)18;/h2-3,10,19H,4-9,11H2,1H3,(H,20,21);1H. The largest absolute Gasteiger partial charge is 0.491 e. The second-order valence-corrected chi connectivity index (χ2v) is 6.85. The SMILES string of the molecule is CC1(CNC(=O)CCOc2ccc(Cl)cc2Cl)CCNCC1.Cl. The van der Waals surface area contributed by atoms with Gasteiger partial charge in [0.2, 0.25) is 5.91 Å². The molecule has 1 aliphatic heterocycles. The molecule has 0 saturated carbocycles. The zero-order valence-electron chi connectivity index (χ0n) is 13.2. The zero-order valence-corrected chi connectivity index (χ0v) is 15.5.